The van der Waals surface area contributed by atoms with Gasteiger partial charge in [0.25, 0.3) is 0 Å². The van der Waals surface area contributed by atoms with E-state index in [2.05, 4.69) is 21.6 Å². The van der Waals surface area contributed by atoms with Gasteiger partial charge in [-0.1, -0.05) is 6.07 Å². The van der Waals surface area contributed by atoms with Crippen molar-refractivity contribution in [1.82, 2.24) is 10.0 Å². The van der Waals surface area contributed by atoms with Crippen molar-refractivity contribution in [1.29, 1.82) is 0 Å². The third-order valence-corrected chi connectivity index (χ3v) is 5.31. The lowest BCUT2D eigenvalue weighted by Gasteiger charge is -2.13. The van der Waals surface area contributed by atoms with E-state index >= 15 is 0 Å². The first-order valence-corrected chi connectivity index (χ1v) is 9.77. The van der Waals surface area contributed by atoms with E-state index in [1.807, 2.05) is 0 Å². The molecule has 5 nitrogen and oxygen atoms in total. The molecule has 8 heteroatoms. The molecule has 21 heavy (non-hydrogen) atoms. The van der Waals surface area contributed by atoms with E-state index in [0.29, 0.717) is 16.4 Å². The first-order chi connectivity index (χ1) is 9.90. The van der Waals surface area contributed by atoms with Crippen LogP contribution in [0.3, 0.4) is 0 Å². The maximum absolute atomic E-state index is 11.9. The van der Waals surface area contributed by atoms with Gasteiger partial charge in [0.1, 0.15) is 0 Å². The van der Waals surface area contributed by atoms with Gasteiger partial charge < -0.3 is 10.6 Å². The Labute approximate surface area is 136 Å². The Bertz CT molecular complexity index is 588. The van der Waals surface area contributed by atoms with E-state index in [4.69, 9.17) is 12.2 Å². The highest BCUT2D eigenvalue weighted by molar-refractivity contribution is 7.98. The van der Waals surface area contributed by atoms with Gasteiger partial charge >= 0.3 is 0 Å². The Balaban J connectivity index is 2.73. The number of anilines is 1. The highest BCUT2D eigenvalue weighted by Gasteiger charge is 2.15. The summed E-state index contributed by atoms with van der Waals surface area (Å²) in [5.41, 5.74) is 1.34. The maximum Gasteiger partial charge on any atom is 0.240 e. The van der Waals surface area contributed by atoms with Crippen LogP contribution in [-0.4, -0.2) is 39.1 Å². The molecule has 0 aliphatic rings. The number of thiocarbonyl (C=S) groups is 1. The third kappa shape index (κ3) is 5.82. The van der Waals surface area contributed by atoms with Crippen molar-refractivity contribution in [3.05, 3.63) is 23.8 Å². The second-order valence-electron chi connectivity index (χ2n) is 4.42. The summed E-state index contributed by atoms with van der Waals surface area (Å²) < 4.78 is 26.1. The molecule has 1 aromatic carbocycles. The molecule has 1 aromatic rings. The number of nitrogens with one attached hydrogen (secondary N) is 3. The van der Waals surface area contributed by atoms with Crippen LogP contribution in [0.1, 0.15) is 12.0 Å². The Morgan fingerprint density at radius 2 is 2.10 bits per heavy atom. The highest BCUT2D eigenvalue weighted by atomic mass is 32.2. The topological polar surface area (TPSA) is 70.2 Å². The van der Waals surface area contributed by atoms with Crippen molar-refractivity contribution < 1.29 is 8.42 Å². The van der Waals surface area contributed by atoms with Gasteiger partial charge in [-0.05, 0) is 62.3 Å². The minimum atomic E-state index is -3.47. The number of hydrogen-bond donors (Lipinski definition) is 3. The van der Waals surface area contributed by atoms with Crippen LogP contribution in [0, 0.1) is 6.92 Å². The summed E-state index contributed by atoms with van der Waals surface area (Å²) in [4.78, 5) is 0.250. The molecule has 1 rings (SSSR count). The van der Waals surface area contributed by atoms with Crippen LogP contribution in [-0.2, 0) is 10.0 Å². The van der Waals surface area contributed by atoms with Crippen molar-refractivity contribution in [3.8, 4) is 0 Å². The number of rotatable bonds is 7. The van der Waals surface area contributed by atoms with E-state index in [1.54, 1.807) is 36.9 Å². The van der Waals surface area contributed by atoms with E-state index in [0.717, 1.165) is 18.7 Å². The van der Waals surface area contributed by atoms with Gasteiger partial charge in [0.15, 0.2) is 5.11 Å². The molecule has 0 atom stereocenters. The Morgan fingerprint density at radius 3 is 2.71 bits per heavy atom. The summed E-state index contributed by atoms with van der Waals surface area (Å²) >= 11 is 6.98. The fourth-order valence-corrected chi connectivity index (χ4v) is 3.32. The first-order valence-electron chi connectivity index (χ1n) is 6.48. The van der Waals surface area contributed by atoms with Gasteiger partial charge in [-0.3, -0.25) is 0 Å². The van der Waals surface area contributed by atoms with Crippen molar-refractivity contribution >= 4 is 44.8 Å². The number of sulfonamides is 1. The largest absolute Gasteiger partial charge is 0.362 e. The van der Waals surface area contributed by atoms with E-state index < -0.39 is 10.0 Å². The summed E-state index contributed by atoms with van der Waals surface area (Å²) in [6.45, 7) is 2.55. The van der Waals surface area contributed by atoms with Gasteiger partial charge in [-0.15, -0.1) is 0 Å². The minimum Gasteiger partial charge on any atom is -0.362 e. The molecular formula is C13H21N3O2S3. The molecule has 0 saturated heterocycles. The van der Waals surface area contributed by atoms with Crippen LogP contribution in [0.4, 0.5) is 5.69 Å². The normalized spacial score (nSPS) is 11.2. The molecule has 0 spiro atoms. The molecule has 0 saturated carbocycles. The second-order valence-corrected chi connectivity index (χ2v) is 7.66. The Kier molecular flexibility index (Phi) is 7.44. The fourth-order valence-electron chi connectivity index (χ4n) is 1.67. The smallest absolute Gasteiger partial charge is 0.240 e. The van der Waals surface area contributed by atoms with Gasteiger partial charge in [0, 0.05) is 12.2 Å². The SMILES string of the molecule is CNS(=O)(=O)c1cc(NC(=S)NCCCSC)ccc1C. The lowest BCUT2D eigenvalue weighted by Crippen LogP contribution is -2.29. The van der Waals surface area contributed by atoms with Crippen LogP contribution >= 0.6 is 24.0 Å². The summed E-state index contributed by atoms with van der Waals surface area (Å²) in [5.74, 6) is 1.07. The average Bonchev–Trinajstić information content (AvgIpc) is 2.45. The van der Waals surface area contributed by atoms with Crippen LogP contribution < -0.4 is 15.4 Å². The van der Waals surface area contributed by atoms with E-state index in [1.165, 1.54) is 7.05 Å². The number of aryl methyl sites for hydroxylation is 1. The molecule has 0 aromatic heterocycles. The van der Waals surface area contributed by atoms with Crippen LogP contribution in [0.25, 0.3) is 0 Å². The molecule has 0 bridgehead atoms. The van der Waals surface area contributed by atoms with Gasteiger partial charge in [0.05, 0.1) is 4.90 Å². The van der Waals surface area contributed by atoms with Crippen LogP contribution in [0.5, 0.6) is 0 Å². The van der Waals surface area contributed by atoms with Gasteiger partial charge in [0.2, 0.25) is 10.0 Å². The Morgan fingerprint density at radius 1 is 1.38 bits per heavy atom. The molecular weight excluding hydrogens is 326 g/mol. The predicted octanol–water partition coefficient (Wildman–Crippen LogP) is 1.94. The maximum atomic E-state index is 11.9. The molecule has 0 amide bonds. The summed E-state index contributed by atoms with van der Waals surface area (Å²) in [6.07, 6.45) is 3.09. The van der Waals surface area contributed by atoms with E-state index in [9.17, 15) is 8.42 Å². The van der Waals surface area contributed by atoms with Crippen LogP contribution in [0.15, 0.2) is 23.1 Å². The standard InChI is InChI=1S/C13H21N3O2S3/c1-10-5-6-11(9-12(10)21(17,18)14-2)16-13(19)15-7-4-8-20-3/h5-6,9,14H,4,7-8H2,1-3H3,(H2,15,16,19). The number of hydrogen-bond acceptors (Lipinski definition) is 4. The van der Waals surface area contributed by atoms with Crippen molar-refractivity contribution in [3.63, 3.8) is 0 Å². The first kappa shape index (κ1) is 18.2. The van der Waals surface area contributed by atoms with Gasteiger partial charge in [-0.2, -0.15) is 11.8 Å². The van der Waals surface area contributed by atoms with Crippen molar-refractivity contribution in [2.24, 2.45) is 0 Å². The average molecular weight is 348 g/mol. The number of thioether (sulfide) groups is 1. The van der Waals surface area contributed by atoms with Crippen molar-refractivity contribution in [2.75, 3.05) is 30.9 Å². The van der Waals surface area contributed by atoms with E-state index in [-0.39, 0.29) is 4.90 Å². The molecule has 0 radical (unpaired) electrons. The van der Waals surface area contributed by atoms with Crippen molar-refractivity contribution in [2.45, 2.75) is 18.2 Å². The molecule has 118 valence electrons. The summed E-state index contributed by atoms with van der Waals surface area (Å²) in [7, 11) is -2.07. The quantitative estimate of drug-likeness (QED) is 0.517. The van der Waals surface area contributed by atoms with Crippen LogP contribution in [0.2, 0.25) is 0 Å². The minimum absolute atomic E-state index is 0.250. The highest BCUT2D eigenvalue weighted by Crippen LogP contribution is 2.19. The number of benzene rings is 1. The molecule has 0 aliphatic heterocycles. The lowest BCUT2D eigenvalue weighted by molar-refractivity contribution is 0.587. The third-order valence-electron chi connectivity index (χ3n) is 2.82. The summed E-state index contributed by atoms with van der Waals surface area (Å²) in [5, 5.41) is 6.59. The monoisotopic (exact) mass is 347 g/mol. The zero-order chi connectivity index (χ0) is 15.9. The molecule has 0 heterocycles. The molecule has 0 unspecified atom stereocenters. The molecule has 0 aliphatic carbocycles. The fraction of sp³-hybridized carbons (Fsp3) is 0.462. The Hall–Kier alpha value is -0.830. The lowest BCUT2D eigenvalue weighted by atomic mass is 10.2. The molecule has 0 fully saturated rings. The zero-order valence-corrected chi connectivity index (χ0v) is 14.8. The second kappa shape index (κ2) is 8.57. The zero-order valence-electron chi connectivity index (χ0n) is 12.4. The summed E-state index contributed by atoms with van der Waals surface area (Å²) in [6, 6.07) is 5.14. The molecule has 3 N–H and O–H groups in total. The predicted molar refractivity (Wildman–Crippen MR) is 94.6 cm³/mol. The van der Waals surface area contributed by atoms with Gasteiger partial charge in [-0.25, -0.2) is 13.1 Å².